The monoisotopic (exact) mass is 308 g/mol. The van der Waals surface area contributed by atoms with Crippen LogP contribution < -0.4 is 4.74 Å². The molecule has 118 valence electrons. The van der Waals surface area contributed by atoms with E-state index in [0.29, 0.717) is 5.92 Å². The summed E-state index contributed by atoms with van der Waals surface area (Å²) in [4.78, 5) is 19.0. The molecule has 0 radical (unpaired) electrons. The van der Waals surface area contributed by atoms with E-state index in [2.05, 4.69) is 4.98 Å². The van der Waals surface area contributed by atoms with E-state index in [1.807, 2.05) is 53.7 Å². The number of nitrogens with zero attached hydrogens (tertiary/aromatic N) is 2. The van der Waals surface area contributed by atoms with E-state index in [1.165, 1.54) is 5.56 Å². The van der Waals surface area contributed by atoms with Gasteiger partial charge in [-0.3, -0.25) is 9.78 Å². The summed E-state index contributed by atoms with van der Waals surface area (Å²) in [6.07, 6.45) is 5.54. The van der Waals surface area contributed by atoms with Gasteiger partial charge in [-0.1, -0.05) is 12.1 Å². The van der Waals surface area contributed by atoms with Crippen LogP contribution >= 0.6 is 0 Å². The Balaban J connectivity index is 1.45. The molecule has 1 aromatic carbocycles. The van der Waals surface area contributed by atoms with Gasteiger partial charge in [0.1, 0.15) is 5.75 Å². The van der Waals surface area contributed by atoms with Crippen molar-refractivity contribution in [3.05, 3.63) is 59.9 Å². The summed E-state index contributed by atoms with van der Waals surface area (Å²) >= 11 is 0. The van der Waals surface area contributed by atoms with E-state index in [-0.39, 0.29) is 11.3 Å². The van der Waals surface area contributed by atoms with Crippen molar-refractivity contribution in [3.8, 4) is 5.75 Å². The molecule has 0 N–H and O–H groups in total. The smallest absolute Gasteiger partial charge is 0.233 e. The van der Waals surface area contributed by atoms with Crippen LogP contribution in [0, 0.1) is 0 Å². The van der Waals surface area contributed by atoms with Crippen molar-refractivity contribution in [2.24, 2.45) is 0 Å². The summed E-state index contributed by atoms with van der Waals surface area (Å²) in [5.41, 5.74) is 2.11. The van der Waals surface area contributed by atoms with Gasteiger partial charge in [0.2, 0.25) is 5.91 Å². The highest BCUT2D eigenvalue weighted by Gasteiger charge is 2.54. The van der Waals surface area contributed by atoms with Gasteiger partial charge in [-0.2, -0.15) is 0 Å². The fraction of sp³-hybridized carbons (Fsp3) is 0.368. The Kier molecular flexibility index (Phi) is 3.33. The fourth-order valence-electron chi connectivity index (χ4n) is 3.45. The minimum atomic E-state index is -0.282. The van der Waals surface area contributed by atoms with E-state index in [1.54, 1.807) is 7.11 Å². The number of amides is 1. The van der Waals surface area contributed by atoms with Crippen LogP contribution in [-0.4, -0.2) is 36.0 Å². The van der Waals surface area contributed by atoms with Crippen molar-refractivity contribution in [2.75, 3.05) is 20.2 Å². The predicted octanol–water partition coefficient (Wildman–Crippen LogP) is 2.75. The maximum Gasteiger partial charge on any atom is 0.233 e. The molecule has 2 fully saturated rings. The molecule has 4 heteroatoms. The lowest BCUT2D eigenvalue weighted by molar-refractivity contribution is -0.138. The van der Waals surface area contributed by atoms with E-state index in [0.717, 1.165) is 37.2 Å². The van der Waals surface area contributed by atoms with Crippen LogP contribution in [0.2, 0.25) is 0 Å². The summed E-state index contributed by atoms with van der Waals surface area (Å²) in [5.74, 6) is 1.57. The third-order valence-corrected chi connectivity index (χ3v) is 5.15. The average Bonchev–Trinajstić information content (AvgIpc) is 3.36. The van der Waals surface area contributed by atoms with Crippen molar-refractivity contribution >= 4 is 5.91 Å². The number of carbonyl (C=O) groups excluding carboxylic acids is 1. The Bertz CT molecular complexity index is 702. The van der Waals surface area contributed by atoms with Crippen molar-refractivity contribution < 1.29 is 9.53 Å². The molecule has 0 bridgehead atoms. The molecule has 2 heterocycles. The number of methoxy groups -OCH3 is 1. The van der Waals surface area contributed by atoms with Crippen molar-refractivity contribution in [1.82, 2.24) is 9.88 Å². The zero-order valence-corrected chi connectivity index (χ0v) is 13.2. The topological polar surface area (TPSA) is 42.4 Å². The lowest BCUT2D eigenvalue weighted by Gasteiger charge is -2.41. The zero-order valence-electron chi connectivity index (χ0n) is 13.2. The standard InChI is InChI=1S/C19H20N2O2/c1-23-17-4-2-16(3-5-17)19(8-9-19)18(22)21-12-15(13-21)14-6-10-20-11-7-14/h2-7,10-11,15H,8-9,12-13H2,1H3. The van der Waals surface area contributed by atoms with Crippen LogP contribution in [-0.2, 0) is 10.2 Å². The molecule has 1 amide bonds. The van der Waals surface area contributed by atoms with Gasteiger partial charge in [0.25, 0.3) is 0 Å². The van der Waals surface area contributed by atoms with Crippen LogP contribution in [0.5, 0.6) is 5.75 Å². The van der Waals surface area contributed by atoms with Crippen LogP contribution in [0.1, 0.15) is 29.9 Å². The molecule has 2 aromatic rings. The van der Waals surface area contributed by atoms with Gasteiger partial charge in [-0.15, -0.1) is 0 Å². The lowest BCUT2D eigenvalue weighted by atomic mass is 9.88. The first-order valence-corrected chi connectivity index (χ1v) is 8.07. The first-order chi connectivity index (χ1) is 11.2. The van der Waals surface area contributed by atoms with Crippen LogP contribution in [0.15, 0.2) is 48.8 Å². The SMILES string of the molecule is COc1ccc(C2(C(=O)N3CC(c4ccncc4)C3)CC2)cc1. The number of carbonyl (C=O) groups is 1. The van der Waals surface area contributed by atoms with Gasteiger partial charge in [-0.25, -0.2) is 0 Å². The van der Waals surface area contributed by atoms with Crippen LogP contribution in [0.3, 0.4) is 0 Å². The van der Waals surface area contributed by atoms with E-state index in [9.17, 15) is 4.79 Å². The Labute approximate surface area is 136 Å². The van der Waals surface area contributed by atoms with Gasteiger partial charge in [-0.05, 0) is 48.2 Å². The maximum atomic E-state index is 12.9. The Morgan fingerprint density at radius 3 is 2.35 bits per heavy atom. The van der Waals surface area contributed by atoms with Gasteiger partial charge in [0, 0.05) is 31.4 Å². The van der Waals surface area contributed by atoms with Crippen molar-refractivity contribution in [1.29, 1.82) is 0 Å². The molecular formula is C19H20N2O2. The molecule has 23 heavy (non-hydrogen) atoms. The zero-order chi connectivity index (χ0) is 15.9. The van der Waals surface area contributed by atoms with Crippen molar-refractivity contribution in [3.63, 3.8) is 0 Å². The second-order valence-corrected chi connectivity index (χ2v) is 6.50. The average molecular weight is 308 g/mol. The Morgan fingerprint density at radius 1 is 1.13 bits per heavy atom. The number of aromatic nitrogens is 1. The summed E-state index contributed by atoms with van der Waals surface area (Å²) in [5, 5.41) is 0. The maximum absolute atomic E-state index is 12.9. The summed E-state index contributed by atoms with van der Waals surface area (Å²) < 4.78 is 5.21. The van der Waals surface area contributed by atoms with Crippen molar-refractivity contribution in [2.45, 2.75) is 24.2 Å². The fourth-order valence-corrected chi connectivity index (χ4v) is 3.45. The minimum Gasteiger partial charge on any atom is -0.497 e. The number of hydrogen-bond acceptors (Lipinski definition) is 3. The quantitative estimate of drug-likeness (QED) is 0.872. The summed E-state index contributed by atoms with van der Waals surface area (Å²) in [6.45, 7) is 1.64. The first kappa shape index (κ1) is 14.2. The summed E-state index contributed by atoms with van der Waals surface area (Å²) in [7, 11) is 1.66. The van der Waals surface area contributed by atoms with E-state index in [4.69, 9.17) is 4.74 Å². The highest BCUT2D eigenvalue weighted by atomic mass is 16.5. The normalized spacial score (nSPS) is 19.1. The molecule has 0 spiro atoms. The highest BCUT2D eigenvalue weighted by molar-refractivity contribution is 5.92. The second-order valence-electron chi connectivity index (χ2n) is 6.50. The molecule has 1 aliphatic carbocycles. The Morgan fingerprint density at radius 2 is 1.78 bits per heavy atom. The molecule has 1 saturated carbocycles. The minimum absolute atomic E-state index is 0.282. The molecule has 1 saturated heterocycles. The number of likely N-dealkylation sites (tertiary alicyclic amines) is 1. The lowest BCUT2D eigenvalue weighted by Crippen LogP contribution is -2.52. The molecule has 1 aromatic heterocycles. The first-order valence-electron chi connectivity index (χ1n) is 8.07. The molecule has 4 nitrogen and oxygen atoms in total. The van der Waals surface area contributed by atoms with Gasteiger partial charge in [0.05, 0.1) is 12.5 Å². The second kappa shape index (κ2) is 5.37. The molecular weight excluding hydrogens is 288 g/mol. The summed E-state index contributed by atoms with van der Waals surface area (Å²) in [6, 6.07) is 12.0. The third-order valence-electron chi connectivity index (χ3n) is 5.15. The largest absolute Gasteiger partial charge is 0.497 e. The number of rotatable bonds is 4. The predicted molar refractivity (Wildman–Crippen MR) is 87.5 cm³/mol. The van der Waals surface area contributed by atoms with E-state index < -0.39 is 0 Å². The molecule has 0 unspecified atom stereocenters. The molecule has 4 rings (SSSR count). The van der Waals surface area contributed by atoms with Crippen LogP contribution in [0.25, 0.3) is 0 Å². The van der Waals surface area contributed by atoms with Crippen LogP contribution in [0.4, 0.5) is 0 Å². The van der Waals surface area contributed by atoms with E-state index >= 15 is 0 Å². The van der Waals surface area contributed by atoms with Gasteiger partial charge < -0.3 is 9.64 Å². The number of ether oxygens (including phenoxy) is 1. The third kappa shape index (κ3) is 2.38. The number of hydrogen-bond donors (Lipinski definition) is 0. The number of pyridine rings is 1. The Hall–Kier alpha value is -2.36. The van der Waals surface area contributed by atoms with Gasteiger partial charge >= 0.3 is 0 Å². The molecule has 2 aliphatic rings. The van der Waals surface area contributed by atoms with Gasteiger partial charge in [0.15, 0.2) is 0 Å². The molecule has 1 aliphatic heterocycles. The highest BCUT2D eigenvalue weighted by Crippen LogP contribution is 2.51. The number of benzene rings is 1. The molecule has 0 atom stereocenters.